The summed E-state index contributed by atoms with van der Waals surface area (Å²) in [6.45, 7) is -0.303. The van der Waals surface area contributed by atoms with Crippen molar-refractivity contribution < 1.29 is 18.7 Å². The topological polar surface area (TPSA) is 67.4 Å². The molecule has 7 heteroatoms. The Hall–Kier alpha value is -3.38. The van der Waals surface area contributed by atoms with Gasteiger partial charge < -0.3 is 15.4 Å². The molecule has 0 saturated heterocycles. The summed E-state index contributed by atoms with van der Waals surface area (Å²) >= 11 is 5.83. The Labute approximate surface area is 166 Å². The van der Waals surface area contributed by atoms with Crippen LogP contribution in [0.4, 0.5) is 15.8 Å². The molecular weight excluding hydrogens is 383 g/mol. The smallest absolute Gasteiger partial charge is 0.262 e. The first-order valence-corrected chi connectivity index (χ1v) is 8.73. The highest BCUT2D eigenvalue weighted by Crippen LogP contribution is 2.22. The molecule has 0 unspecified atom stereocenters. The van der Waals surface area contributed by atoms with Crippen LogP contribution in [0, 0.1) is 5.82 Å². The predicted octanol–water partition coefficient (Wildman–Crippen LogP) is 4.75. The van der Waals surface area contributed by atoms with E-state index in [1.807, 2.05) is 0 Å². The van der Waals surface area contributed by atoms with Crippen LogP contribution in [0.15, 0.2) is 72.8 Å². The van der Waals surface area contributed by atoms with Gasteiger partial charge in [-0.25, -0.2) is 4.39 Å². The van der Waals surface area contributed by atoms with Crippen molar-refractivity contribution in [3.63, 3.8) is 0 Å². The zero-order chi connectivity index (χ0) is 19.9. The van der Waals surface area contributed by atoms with Crippen molar-refractivity contribution in [3.8, 4) is 5.75 Å². The van der Waals surface area contributed by atoms with Gasteiger partial charge in [-0.2, -0.15) is 0 Å². The molecule has 0 aromatic heterocycles. The number of amides is 2. The zero-order valence-corrected chi connectivity index (χ0v) is 15.4. The van der Waals surface area contributed by atoms with Gasteiger partial charge in [0.05, 0.1) is 11.4 Å². The van der Waals surface area contributed by atoms with E-state index in [0.717, 1.165) is 0 Å². The van der Waals surface area contributed by atoms with Crippen molar-refractivity contribution in [3.05, 3.63) is 89.2 Å². The average molecular weight is 399 g/mol. The number of rotatable bonds is 6. The van der Waals surface area contributed by atoms with Gasteiger partial charge >= 0.3 is 0 Å². The molecule has 0 atom stereocenters. The van der Waals surface area contributed by atoms with Gasteiger partial charge in [-0.1, -0.05) is 29.8 Å². The lowest BCUT2D eigenvalue weighted by atomic mass is 10.2. The number of nitrogens with one attached hydrogen (secondary N) is 2. The van der Waals surface area contributed by atoms with Gasteiger partial charge in [-0.15, -0.1) is 0 Å². The minimum Gasteiger partial charge on any atom is -0.484 e. The fourth-order valence-corrected chi connectivity index (χ4v) is 2.51. The highest BCUT2D eigenvalue weighted by atomic mass is 35.5. The van der Waals surface area contributed by atoms with Crippen molar-refractivity contribution in [1.29, 1.82) is 0 Å². The van der Waals surface area contributed by atoms with Crippen molar-refractivity contribution in [2.24, 2.45) is 0 Å². The molecule has 0 aliphatic heterocycles. The Balaban J connectivity index is 1.63. The summed E-state index contributed by atoms with van der Waals surface area (Å²) < 4.78 is 18.4. The maximum absolute atomic E-state index is 13.1. The van der Waals surface area contributed by atoms with Crippen molar-refractivity contribution in [2.75, 3.05) is 17.2 Å². The van der Waals surface area contributed by atoms with Gasteiger partial charge in [-0.05, 0) is 48.5 Å². The van der Waals surface area contributed by atoms with Crippen LogP contribution in [0.25, 0.3) is 0 Å². The SMILES string of the molecule is O=C(COc1cccc(F)c1)Nc1ccccc1NC(=O)c1ccc(Cl)cc1. The molecule has 5 nitrogen and oxygen atoms in total. The Bertz CT molecular complexity index is 993. The van der Waals surface area contributed by atoms with E-state index in [-0.39, 0.29) is 18.3 Å². The molecule has 3 aromatic rings. The largest absolute Gasteiger partial charge is 0.484 e. The minimum absolute atomic E-state index is 0.250. The van der Waals surface area contributed by atoms with Crippen LogP contribution in [0.5, 0.6) is 5.75 Å². The molecule has 3 rings (SSSR count). The second-order valence-corrected chi connectivity index (χ2v) is 6.24. The maximum Gasteiger partial charge on any atom is 0.262 e. The molecule has 0 bridgehead atoms. The molecule has 0 aliphatic rings. The summed E-state index contributed by atoms with van der Waals surface area (Å²) in [6, 6.07) is 18.7. The van der Waals surface area contributed by atoms with Gasteiger partial charge in [0, 0.05) is 16.7 Å². The Morgan fingerprint density at radius 2 is 1.57 bits per heavy atom. The number of para-hydroxylation sites is 2. The molecular formula is C21H16ClFN2O3. The van der Waals surface area contributed by atoms with E-state index in [9.17, 15) is 14.0 Å². The number of hydrogen-bond acceptors (Lipinski definition) is 3. The lowest BCUT2D eigenvalue weighted by Crippen LogP contribution is -2.21. The molecule has 2 N–H and O–H groups in total. The predicted molar refractivity (Wildman–Crippen MR) is 106 cm³/mol. The summed E-state index contributed by atoms with van der Waals surface area (Å²) in [5.74, 6) is -0.987. The van der Waals surface area contributed by atoms with E-state index in [4.69, 9.17) is 16.3 Å². The van der Waals surface area contributed by atoms with Crippen LogP contribution in [0.3, 0.4) is 0 Å². The molecule has 0 aliphatic carbocycles. The van der Waals surface area contributed by atoms with Crippen molar-refractivity contribution >= 4 is 34.8 Å². The second-order valence-electron chi connectivity index (χ2n) is 5.80. The Morgan fingerprint density at radius 3 is 2.25 bits per heavy atom. The first kappa shape index (κ1) is 19.4. The molecule has 142 valence electrons. The van der Waals surface area contributed by atoms with Crippen LogP contribution in [0.2, 0.25) is 5.02 Å². The van der Waals surface area contributed by atoms with Crippen LogP contribution in [-0.4, -0.2) is 18.4 Å². The third-order valence-corrected chi connectivity index (χ3v) is 3.97. The number of benzene rings is 3. The zero-order valence-electron chi connectivity index (χ0n) is 14.6. The third-order valence-electron chi connectivity index (χ3n) is 3.72. The lowest BCUT2D eigenvalue weighted by molar-refractivity contribution is -0.118. The van der Waals surface area contributed by atoms with E-state index in [2.05, 4.69) is 10.6 Å². The summed E-state index contributed by atoms with van der Waals surface area (Å²) in [4.78, 5) is 24.5. The van der Waals surface area contributed by atoms with Crippen LogP contribution >= 0.6 is 11.6 Å². The number of anilines is 2. The molecule has 3 aromatic carbocycles. The lowest BCUT2D eigenvalue weighted by Gasteiger charge is -2.13. The number of halogens is 2. The summed E-state index contributed by atoms with van der Waals surface area (Å²) in [5.41, 5.74) is 1.28. The van der Waals surface area contributed by atoms with Gasteiger partial charge in [0.1, 0.15) is 11.6 Å². The minimum atomic E-state index is -0.451. The van der Waals surface area contributed by atoms with E-state index in [0.29, 0.717) is 22.0 Å². The fraction of sp³-hybridized carbons (Fsp3) is 0.0476. The first-order valence-electron chi connectivity index (χ1n) is 8.35. The highest BCUT2D eigenvalue weighted by molar-refractivity contribution is 6.30. The summed E-state index contributed by atoms with van der Waals surface area (Å²) in [6.07, 6.45) is 0. The second kappa shape index (κ2) is 9.01. The number of ether oxygens (including phenoxy) is 1. The number of carbonyl (C=O) groups is 2. The quantitative estimate of drug-likeness (QED) is 0.629. The highest BCUT2D eigenvalue weighted by Gasteiger charge is 2.11. The van der Waals surface area contributed by atoms with E-state index < -0.39 is 11.7 Å². The number of carbonyl (C=O) groups excluding carboxylic acids is 2. The standard InChI is InChI=1S/C21H16ClFN2O3/c22-15-10-8-14(9-11-15)21(27)25-19-7-2-1-6-18(19)24-20(26)13-28-17-5-3-4-16(23)12-17/h1-12H,13H2,(H,24,26)(H,25,27). The van der Waals surface area contributed by atoms with Crippen molar-refractivity contribution in [1.82, 2.24) is 0 Å². The summed E-state index contributed by atoms with van der Waals surface area (Å²) in [5, 5.41) is 5.94. The molecule has 0 spiro atoms. The molecule has 0 heterocycles. The molecule has 28 heavy (non-hydrogen) atoms. The van der Waals surface area contributed by atoms with Gasteiger partial charge in [0.2, 0.25) is 0 Å². The van der Waals surface area contributed by atoms with E-state index in [1.165, 1.54) is 18.2 Å². The van der Waals surface area contributed by atoms with Gasteiger partial charge in [-0.3, -0.25) is 9.59 Å². The van der Waals surface area contributed by atoms with Gasteiger partial charge in [0.25, 0.3) is 11.8 Å². The van der Waals surface area contributed by atoms with Crippen LogP contribution in [-0.2, 0) is 4.79 Å². The molecule has 0 saturated carbocycles. The summed E-state index contributed by atoms with van der Waals surface area (Å²) in [7, 11) is 0. The number of hydrogen-bond donors (Lipinski definition) is 2. The van der Waals surface area contributed by atoms with Gasteiger partial charge in [0.15, 0.2) is 6.61 Å². The van der Waals surface area contributed by atoms with Crippen LogP contribution in [0.1, 0.15) is 10.4 Å². The average Bonchev–Trinajstić information content (AvgIpc) is 2.68. The van der Waals surface area contributed by atoms with Crippen molar-refractivity contribution in [2.45, 2.75) is 0 Å². The fourth-order valence-electron chi connectivity index (χ4n) is 2.39. The van der Waals surface area contributed by atoms with Crippen LogP contribution < -0.4 is 15.4 Å². The normalized spacial score (nSPS) is 10.2. The molecule has 2 amide bonds. The Kier molecular flexibility index (Phi) is 6.24. The van der Waals surface area contributed by atoms with E-state index >= 15 is 0 Å². The third kappa shape index (κ3) is 5.31. The Morgan fingerprint density at radius 1 is 0.893 bits per heavy atom. The van der Waals surface area contributed by atoms with E-state index in [1.54, 1.807) is 54.6 Å². The monoisotopic (exact) mass is 398 g/mol. The first-order chi connectivity index (χ1) is 13.5. The molecule has 0 radical (unpaired) electrons. The maximum atomic E-state index is 13.1. The molecule has 0 fully saturated rings.